The second-order valence-electron chi connectivity index (χ2n) is 7.70. The van der Waals surface area contributed by atoms with Gasteiger partial charge >= 0.3 is 0 Å². The van der Waals surface area contributed by atoms with Crippen LogP contribution in [0.2, 0.25) is 0 Å². The van der Waals surface area contributed by atoms with Gasteiger partial charge in [-0.3, -0.25) is 4.79 Å². The Morgan fingerprint density at radius 3 is 2.62 bits per heavy atom. The zero-order valence-corrected chi connectivity index (χ0v) is 17.1. The molecule has 0 spiro atoms. The Hall–Kier alpha value is -2.31. The molecule has 4 rings (SSSR count). The van der Waals surface area contributed by atoms with Crippen molar-refractivity contribution in [1.82, 2.24) is 9.78 Å². The highest BCUT2D eigenvalue weighted by Crippen LogP contribution is 2.22. The van der Waals surface area contributed by atoms with Gasteiger partial charge in [0.1, 0.15) is 11.6 Å². The van der Waals surface area contributed by atoms with Crippen LogP contribution < -0.4 is 22.9 Å². The lowest BCUT2D eigenvalue weighted by atomic mass is 10.0. The van der Waals surface area contributed by atoms with E-state index in [0.29, 0.717) is 16.6 Å². The topological polar surface area (TPSA) is 39.3 Å². The fourth-order valence-electron chi connectivity index (χ4n) is 4.06. The molecule has 1 aliphatic rings. The number of likely N-dealkylation sites (tertiary alicyclic amines) is 1. The van der Waals surface area contributed by atoms with Crippen molar-refractivity contribution in [2.45, 2.75) is 31.7 Å². The molecule has 0 aliphatic carbocycles. The van der Waals surface area contributed by atoms with E-state index in [1.165, 1.54) is 17.0 Å². The van der Waals surface area contributed by atoms with E-state index in [2.05, 4.69) is 12.1 Å². The average Bonchev–Trinajstić information content (AvgIpc) is 2.90. The lowest BCUT2D eigenvalue weighted by molar-refractivity contribution is -0.878. The summed E-state index contributed by atoms with van der Waals surface area (Å²) in [4.78, 5) is 14.6. The van der Waals surface area contributed by atoms with E-state index in [9.17, 15) is 13.6 Å². The number of benzene rings is 2. The average molecular weight is 420 g/mol. The van der Waals surface area contributed by atoms with E-state index < -0.39 is 11.6 Å². The molecule has 2 aromatic carbocycles. The van der Waals surface area contributed by atoms with Gasteiger partial charge in [0.2, 0.25) is 0 Å². The second kappa shape index (κ2) is 9.01. The van der Waals surface area contributed by atoms with Crippen molar-refractivity contribution in [2.75, 3.05) is 20.1 Å². The maximum Gasteiger partial charge on any atom is 0.274 e. The lowest BCUT2D eigenvalue weighted by Crippen LogP contribution is -3.08. The van der Waals surface area contributed by atoms with Gasteiger partial charge in [-0.2, -0.15) is 5.10 Å². The molecule has 1 aliphatic heterocycles. The van der Waals surface area contributed by atoms with Crippen LogP contribution in [0.25, 0.3) is 10.8 Å². The van der Waals surface area contributed by atoms with Crippen molar-refractivity contribution < 1.29 is 26.1 Å². The summed E-state index contributed by atoms with van der Waals surface area (Å²) < 4.78 is 29.1. The summed E-state index contributed by atoms with van der Waals surface area (Å²) in [5, 5.41) is 6.01. The first-order valence-electron chi connectivity index (χ1n) is 9.78. The number of hydrogen-bond acceptors (Lipinski definition) is 2. The zero-order valence-electron chi connectivity index (χ0n) is 16.3. The van der Waals surface area contributed by atoms with E-state index in [-0.39, 0.29) is 30.4 Å². The molecule has 0 saturated carbocycles. The number of hydrogen-bond donors (Lipinski definition) is 1. The third-order valence-corrected chi connectivity index (χ3v) is 5.67. The van der Waals surface area contributed by atoms with Crippen molar-refractivity contribution in [3.8, 4) is 0 Å². The van der Waals surface area contributed by atoms with Gasteiger partial charge in [-0.05, 0) is 30.5 Å². The van der Waals surface area contributed by atoms with Crippen LogP contribution >= 0.6 is 0 Å². The van der Waals surface area contributed by atoms with Gasteiger partial charge in [-0.1, -0.05) is 24.3 Å². The Labute approximate surface area is 174 Å². The fraction of sp³-hybridized carbons (Fsp3) is 0.364. The van der Waals surface area contributed by atoms with E-state index in [1.54, 1.807) is 10.7 Å². The minimum absolute atomic E-state index is 0. The number of rotatable bonds is 3. The molecule has 7 heteroatoms. The Balaban J connectivity index is 0.00000240. The number of quaternary nitrogens is 1. The van der Waals surface area contributed by atoms with Crippen LogP contribution in [0.1, 0.15) is 36.6 Å². The first kappa shape index (κ1) is 21.4. The van der Waals surface area contributed by atoms with Gasteiger partial charge in [0.15, 0.2) is 0 Å². The molecular weight excluding hydrogens is 396 g/mol. The maximum absolute atomic E-state index is 14.2. The summed E-state index contributed by atoms with van der Waals surface area (Å²) in [6, 6.07) is 11.0. The molecule has 154 valence electrons. The monoisotopic (exact) mass is 419 g/mol. The minimum atomic E-state index is -0.603. The van der Waals surface area contributed by atoms with Crippen molar-refractivity contribution in [2.24, 2.45) is 0 Å². The number of nitrogens with zero attached hydrogens (tertiary/aromatic N) is 2. The largest absolute Gasteiger partial charge is 1.00 e. The van der Waals surface area contributed by atoms with Crippen LogP contribution in [-0.4, -0.2) is 29.9 Å². The first-order valence-corrected chi connectivity index (χ1v) is 9.78. The third kappa shape index (κ3) is 4.49. The third-order valence-electron chi connectivity index (χ3n) is 5.67. The van der Waals surface area contributed by atoms with Gasteiger partial charge in [0.25, 0.3) is 5.56 Å². The van der Waals surface area contributed by atoms with Crippen LogP contribution in [0.4, 0.5) is 8.78 Å². The number of nitrogens with one attached hydrogen (secondary N) is 1. The van der Waals surface area contributed by atoms with Crippen LogP contribution in [0.15, 0.2) is 47.3 Å². The smallest absolute Gasteiger partial charge is 0.274 e. The summed E-state index contributed by atoms with van der Waals surface area (Å²) in [7, 11) is 2.17. The predicted octanol–water partition coefficient (Wildman–Crippen LogP) is -0.491. The first-order chi connectivity index (χ1) is 13.5. The van der Waals surface area contributed by atoms with Gasteiger partial charge < -0.3 is 17.3 Å². The Morgan fingerprint density at radius 1 is 1.10 bits per heavy atom. The molecule has 29 heavy (non-hydrogen) atoms. The van der Waals surface area contributed by atoms with Crippen molar-refractivity contribution in [3.63, 3.8) is 0 Å². The highest BCUT2D eigenvalue weighted by atomic mass is 35.5. The molecule has 1 N–H and O–H groups in total. The summed E-state index contributed by atoms with van der Waals surface area (Å²) in [6.45, 7) is 2.08. The molecular formula is C22H24ClF2N3O. The normalized spacial score (nSPS) is 19.6. The summed E-state index contributed by atoms with van der Waals surface area (Å²) in [6.07, 6.45) is 3.05. The Morgan fingerprint density at radius 2 is 1.86 bits per heavy atom. The molecule has 1 saturated heterocycles. The molecule has 1 aromatic heterocycles. The predicted molar refractivity (Wildman–Crippen MR) is 105 cm³/mol. The van der Waals surface area contributed by atoms with Crippen LogP contribution in [0.3, 0.4) is 0 Å². The van der Waals surface area contributed by atoms with Gasteiger partial charge in [-0.25, -0.2) is 13.5 Å². The summed E-state index contributed by atoms with van der Waals surface area (Å²) in [5.74, 6) is -1.20. The second-order valence-corrected chi connectivity index (χ2v) is 7.70. The van der Waals surface area contributed by atoms with Gasteiger partial charge in [0, 0.05) is 24.3 Å². The number of aromatic nitrogens is 2. The molecule has 0 amide bonds. The molecule has 2 atom stereocenters. The SMILES string of the molecule is C[NH+]1CCCC(n2nc(Cc3ccc(F)cc3F)c3ccccc3c2=O)CC1.[Cl-]. The Kier molecular flexibility index (Phi) is 6.65. The number of halogens is 3. The van der Waals surface area contributed by atoms with Crippen LogP contribution in [0, 0.1) is 11.6 Å². The van der Waals surface area contributed by atoms with Crippen molar-refractivity contribution >= 4 is 10.8 Å². The molecule has 2 heterocycles. The van der Waals surface area contributed by atoms with Crippen molar-refractivity contribution in [3.05, 3.63) is 75.7 Å². The lowest BCUT2D eigenvalue weighted by Gasteiger charge is -2.18. The van der Waals surface area contributed by atoms with E-state index in [1.807, 2.05) is 18.2 Å². The molecule has 4 nitrogen and oxygen atoms in total. The molecule has 3 aromatic rings. The van der Waals surface area contributed by atoms with Gasteiger partial charge in [-0.15, -0.1) is 0 Å². The summed E-state index contributed by atoms with van der Waals surface area (Å²) >= 11 is 0. The molecule has 2 unspecified atom stereocenters. The van der Waals surface area contributed by atoms with Crippen molar-refractivity contribution in [1.29, 1.82) is 0 Å². The van der Waals surface area contributed by atoms with Crippen LogP contribution in [0.5, 0.6) is 0 Å². The Bertz CT molecular complexity index is 1070. The molecule has 1 fully saturated rings. The maximum atomic E-state index is 14.2. The summed E-state index contributed by atoms with van der Waals surface area (Å²) in [5.41, 5.74) is 0.920. The molecule has 0 bridgehead atoms. The highest BCUT2D eigenvalue weighted by Gasteiger charge is 2.22. The minimum Gasteiger partial charge on any atom is -1.00 e. The standard InChI is InChI=1S/C22H23F2N3O.ClH/c1-26-11-4-5-17(10-12-26)27-22(28)19-7-3-2-6-18(19)21(25-27)13-15-8-9-16(23)14-20(15)24;/h2-3,6-9,14,17H,4-5,10-13H2,1H3;1H. The van der Waals surface area contributed by atoms with E-state index in [0.717, 1.165) is 43.8 Å². The number of fused-ring (bicyclic) bond motifs is 1. The fourth-order valence-corrected chi connectivity index (χ4v) is 4.06. The van der Waals surface area contributed by atoms with Gasteiger partial charge in [0.05, 0.1) is 37.3 Å². The molecule has 0 radical (unpaired) electrons. The zero-order chi connectivity index (χ0) is 19.7. The van der Waals surface area contributed by atoms with E-state index in [4.69, 9.17) is 0 Å². The van der Waals surface area contributed by atoms with E-state index >= 15 is 0 Å². The highest BCUT2D eigenvalue weighted by molar-refractivity contribution is 5.83. The van der Waals surface area contributed by atoms with Crippen LogP contribution in [-0.2, 0) is 6.42 Å². The quantitative estimate of drug-likeness (QED) is 0.622.